The van der Waals surface area contributed by atoms with Gasteiger partial charge in [0.25, 0.3) is 11.8 Å². The Morgan fingerprint density at radius 1 is 1.03 bits per heavy atom. The molecule has 3 N–H and O–H groups in total. The standard InChI is InChI=1S/C26H33N3O3S/c1-18(2)15-16-32-23-14-7-6-13-22(23)25(31)29-26(33)28-21-12-8-9-19(17-21)24(30)27-20-10-4-3-5-11-20/h6-9,12-14,17-18,20H,3-5,10-11,15-16H2,1-2H3,(H,27,30)(H2,28,29,31,33). The zero-order chi connectivity index (χ0) is 23.6. The van der Waals surface area contributed by atoms with Gasteiger partial charge in [0.15, 0.2) is 5.11 Å². The summed E-state index contributed by atoms with van der Waals surface area (Å²) in [6, 6.07) is 14.5. The van der Waals surface area contributed by atoms with Crippen LogP contribution in [-0.2, 0) is 0 Å². The lowest BCUT2D eigenvalue weighted by Crippen LogP contribution is -2.36. The Kier molecular flexibility index (Phi) is 9.24. The number of thiocarbonyl (C=S) groups is 1. The highest BCUT2D eigenvalue weighted by atomic mass is 32.1. The zero-order valence-electron chi connectivity index (χ0n) is 19.4. The predicted octanol–water partition coefficient (Wildman–Crippen LogP) is 5.30. The van der Waals surface area contributed by atoms with Gasteiger partial charge < -0.3 is 15.4 Å². The molecular formula is C26H33N3O3S. The molecule has 2 amide bonds. The van der Waals surface area contributed by atoms with Crippen molar-refractivity contribution in [3.63, 3.8) is 0 Å². The van der Waals surface area contributed by atoms with E-state index < -0.39 is 0 Å². The van der Waals surface area contributed by atoms with Crippen molar-refractivity contribution in [2.75, 3.05) is 11.9 Å². The Labute approximate surface area is 201 Å². The van der Waals surface area contributed by atoms with Crippen LogP contribution in [0.15, 0.2) is 48.5 Å². The lowest BCUT2D eigenvalue weighted by atomic mass is 9.95. The van der Waals surface area contributed by atoms with Crippen LogP contribution in [-0.4, -0.2) is 29.6 Å². The second kappa shape index (κ2) is 12.3. The molecule has 0 heterocycles. The van der Waals surface area contributed by atoms with Gasteiger partial charge in [-0.1, -0.05) is 51.3 Å². The molecule has 7 heteroatoms. The van der Waals surface area contributed by atoms with Gasteiger partial charge in [-0.25, -0.2) is 0 Å². The summed E-state index contributed by atoms with van der Waals surface area (Å²) in [5.41, 5.74) is 1.62. The number of anilines is 1. The van der Waals surface area contributed by atoms with E-state index in [1.807, 2.05) is 6.07 Å². The molecule has 2 aromatic rings. The fraction of sp³-hybridized carbons (Fsp3) is 0.423. The van der Waals surface area contributed by atoms with E-state index in [1.165, 1.54) is 6.42 Å². The van der Waals surface area contributed by atoms with Gasteiger partial charge in [-0.2, -0.15) is 0 Å². The van der Waals surface area contributed by atoms with Gasteiger partial charge in [0.2, 0.25) is 0 Å². The van der Waals surface area contributed by atoms with Gasteiger partial charge in [0, 0.05) is 17.3 Å². The van der Waals surface area contributed by atoms with Crippen molar-refractivity contribution in [1.82, 2.24) is 10.6 Å². The number of hydrogen-bond acceptors (Lipinski definition) is 4. The van der Waals surface area contributed by atoms with E-state index in [0.717, 1.165) is 32.1 Å². The first-order valence-electron chi connectivity index (χ1n) is 11.7. The zero-order valence-corrected chi connectivity index (χ0v) is 20.2. The molecule has 2 aromatic carbocycles. The number of ether oxygens (including phenoxy) is 1. The van der Waals surface area contributed by atoms with Gasteiger partial charge in [0.05, 0.1) is 12.2 Å². The molecule has 0 spiro atoms. The average Bonchev–Trinajstić information content (AvgIpc) is 2.80. The molecule has 0 atom stereocenters. The lowest BCUT2D eigenvalue weighted by Gasteiger charge is -2.22. The molecule has 1 aliphatic rings. The Hall–Kier alpha value is -2.93. The van der Waals surface area contributed by atoms with Crippen LogP contribution in [0.2, 0.25) is 0 Å². The minimum atomic E-state index is -0.348. The summed E-state index contributed by atoms with van der Waals surface area (Å²) >= 11 is 5.33. The highest BCUT2D eigenvalue weighted by Crippen LogP contribution is 2.20. The number of para-hydroxylation sites is 1. The number of amides is 2. The third-order valence-electron chi connectivity index (χ3n) is 5.63. The minimum absolute atomic E-state index is 0.0898. The van der Waals surface area contributed by atoms with Crippen LogP contribution >= 0.6 is 12.2 Å². The van der Waals surface area contributed by atoms with E-state index in [0.29, 0.717) is 35.1 Å². The summed E-state index contributed by atoms with van der Waals surface area (Å²) in [6.45, 7) is 4.79. The van der Waals surface area contributed by atoms with Crippen molar-refractivity contribution in [3.05, 3.63) is 59.7 Å². The average molecular weight is 468 g/mol. The number of benzene rings is 2. The first-order valence-corrected chi connectivity index (χ1v) is 12.1. The van der Waals surface area contributed by atoms with Gasteiger partial charge in [0.1, 0.15) is 5.75 Å². The number of carbonyl (C=O) groups excluding carboxylic acids is 2. The lowest BCUT2D eigenvalue weighted by molar-refractivity contribution is 0.0926. The fourth-order valence-corrected chi connectivity index (χ4v) is 3.98. The van der Waals surface area contributed by atoms with Crippen LogP contribution in [0.3, 0.4) is 0 Å². The van der Waals surface area contributed by atoms with Crippen molar-refractivity contribution in [2.45, 2.75) is 58.4 Å². The molecule has 0 saturated heterocycles. The SMILES string of the molecule is CC(C)CCOc1ccccc1C(=O)NC(=S)Nc1cccc(C(=O)NC2CCCCC2)c1. The maximum atomic E-state index is 12.8. The van der Waals surface area contributed by atoms with Crippen LogP contribution < -0.4 is 20.7 Å². The van der Waals surface area contributed by atoms with E-state index in [-0.39, 0.29) is 23.0 Å². The van der Waals surface area contributed by atoms with E-state index in [1.54, 1.807) is 42.5 Å². The van der Waals surface area contributed by atoms with Crippen LogP contribution in [0.4, 0.5) is 5.69 Å². The second-order valence-corrected chi connectivity index (χ2v) is 9.23. The smallest absolute Gasteiger partial charge is 0.261 e. The third-order valence-corrected chi connectivity index (χ3v) is 5.84. The molecule has 6 nitrogen and oxygen atoms in total. The van der Waals surface area contributed by atoms with Crippen LogP contribution in [0.25, 0.3) is 0 Å². The first kappa shape index (κ1) is 24.7. The summed E-state index contributed by atoms with van der Waals surface area (Å²) in [5.74, 6) is 0.606. The summed E-state index contributed by atoms with van der Waals surface area (Å²) in [6.07, 6.45) is 6.52. The number of rotatable bonds is 8. The summed E-state index contributed by atoms with van der Waals surface area (Å²) in [5, 5.41) is 8.97. The minimum Gasteiger partial charge on any atom is -0.493 e. The van der Waals surface area contributed by atoms with Crippen molar-refractivity contribution in [2.24, 2.45) is 5.92 Å². The van der Waals surface area contributed by atoms with Crippen molar-refractivity contribution >= 4 is 34.8 Å². The number of carbonyl (C=O) groups is 2. The Morgan fingerprint density at radius 3 is 2.55 bits per heavy atom. The van der Waals surface area contributed by atoms with Crippen LogP contribution in [0.5, 0.6) is 5.75 Å². The summed E-state index contributed by atoms with van der Waals surface area (Å²) < 4.78 is 5.80. The summed E-state index contributed by atoms with van der Waals surface area (Å²) in [7, 11) is 0. The molecule has 1 fully saturated rings. The molecule has 1 aliphatic carbocycles. The highest BCUT2D eigenvalue weighted by molar-refractivity contribution is 7.80. The Bertz CT molecular complexity index is 971. The highest BCUT2D eigenvalue weighted by Gasteiger charge is 2.17. The fourth-order valence-electron chi connectivity index (χ4n) is 3.77. The van der Waals surface area contributed by atoms with E-state index in [2.05, 4.69) is 29.8 Å². The van der Waals surface area contributed by atoms with Gasteiger partial charge in [-0.3, -0.25) is 14.9 Å². The molecule has 1 saturated carbocycles. The maximum Gasteiger partial charge on any atom is 0.261 e. The number of hydrogen-bond donors (Lipinski definition) is 3. The molecule has 33 heavy (non-hydrogen) atoms. The Balaban J connectivity index is 1.57. The van der Waals surface area contributed by atoms with Crippen molar-refractivity contribution in [3.8, 4) is 5.75 Å². The molecular weight excluding hydrogens is 434 g/mol. The van der Waals surface area contributed by atoms with Crippen molar-refractivity contribution < 1.29 is 14.3 Å². The van der Waals surface area contributed by atoms with Gasteiger partial charge >= 0.3 is 0 Å². The summed E-state index contributed by atoms with van der Waals surface area (Å²) in [4.78, 5) is 25.4. The van der Waals surface area contributed by atoms with Crippen LogP contribution in [0.1, 0.15) is 73.1 Å². The third kappa shape index (κ3) is 7.86. The van der Waals surface area contributed by atoms with E-state index in [9.17, 15) is 9.59 Å². The van der Waals surface area contributed by atoms with Crippen molar-refractivity contribution in [1.29, 1.82) is 0 Å². The first-order chi connectivity index (χ1) is 15.9. The van der Waals surface area contributed by atoms with Gasteiger partial charge in [-0.15, -0.1) is 0 Å². The molecule has 0 aromatic heterocycles. The molecule has 0 aliphatic heterocycles. The van der Waals surface area contributed by atoms with E-state index in [4.69, 9.17) is 17.0 Å². The molecule has 176 valence electrons. The largest absolute Gasteiger partial charge is 0.493 e. The predicted molar refractivity (Wildman–Crippen MR) is 136 cm³/mol. The maximum absolute atomic E-state index is 12.8. The number of nitrogens with one attached hydrogen (secondary N) is 3. The van der Waals surface area contributed by atoms with Crippen LogP contribution in [0, 0.1) is 5.92 Å². The molecule has 0 unspecified atom stereocenters. The molecule has 3 rings (SSSR count). The quantitative estimate of drug-likeness (QED) is 0.459. The second-order valence-electron chi connectivity index (χ2n) is 8.82. The van der Waals surface area contributed by atoms with E-state index >= 15 is 0 Å². The monoisotopic (exact) mass is 467 g/mol. The topological polar surface area (TPSA) is 79.5 Å². The van der Waals surface area contributed by atoms with Gasteiger partial charge in [-0.05, 0) is 67.7 Å². The Morgan fingerprint density at radius 2 is 1.79 bits per heavy atom. The molecule has 0 radical (unpaired) electrons. The normalized spacial score (nSPS) is 13.9. The molecule has 0 bridgehead atoms.